The summed E-state index contributed by atoms with van der Waals surface area (Å²) in [6.07, 6.45) is 4.27. The molecule has 0 aromatic heterocycles. The molecular weight excluding hydrogens is 328 g/mol. The van der Waals surface area contributed by atoms with Crippen molar-refractivity contribution in [2.24, 2.45) is 0 Å². The molecule has 1 aliphatic carbocycles. The van der Waals surface area contributed by atoms with Crippen molar-refractivity contribution in [1.82, 2.24) is 0 Å². The Balaban J connectivity index is 0.000000174. The molecule has 1 unspecified atom stereocenters. The molecule has 3 rings (SSSR count). The molecule has 5 heteroatoms. The normalized spacial score (nSPS) is 15.4. The van der Waals surface area contributed by atoms with Crippen LogP contribution in [0.2, 0.25) is 0 Å². The van der Waals surface area contributed by atoms with Gasteiger partial charge in [-0.1, -0.05) is 43.3 Å². The molecule has 1 aliphatic rings. The Morgan fingerprint density at radius 3 is 1.91 bits per heavy atom. The van der Waals surface area contributed by atoms with E-state index in [1.54, 1.807) is 11.0 Å². The van der Waals surface area contributed by atoms with E-state index in [-0.39, 0.29) is 4.90 Å². The highest BCUT2D eigenvalue weighted by molar-refractivity contribution is 7.97. The van der Waals surface area contributed by atoms with Gasteiger partial charge in [-0.3, -0.25) is 0 Å². The van der Waals surface area contributed by atoms with Crippen LogP contribution in [-0.4, -0.2) is 24.0 Å². The first-order valence-corrected chi connectivity index (χ1v) is 10.6. The van der Waals surface area contributed by atoms with Crippen LogP contribution >= 0.6 is 0 Å². The fourth-order valence-electron chi connectivity index (χ4n) is 2.23. The predicted octanol–water partition coefficient (Wildman–Crippen LogP) is 3.83. The molecule has 23 heavy (non-hydrogen) atoms. The molecule has 1 atom stereocenters. The molecule has 0 spiro atoms. The van der Waals surface area contributed by atoms with Crippen LogP contribution in [0.4, 0.5) is 0 Å². The Kier molecular flexibility index (Phi) is 6.69. The monoisotopic (exact) mass is 350 g/mol. The van der Waals surface area contributed by atoms with Gasteiger partial charge in [0.1, 0.15) is 21.1 Å². The lowest BCUT2D eigenvalue weighted by molar-refractivity contribution is 0.463. The van der Waals surface area contributed by atoms with E-state index in [1.165, 1.54) is 49.3 Å². The van der Waals surface area contributed by atoms with E-state index in [2.05, 4.69) is 37.3 Å². The van der Waals surface area contributed by atoms with Gasteiger partial charge in [0.15, 0.2) is 4.90 Å². The lowest BCUT2D eigenvalue weighted by atomic mass is 10.4. The Bertz CT molecular complexity index is 681. The van der Waals surface area contributed by atoms with Crippen LogP contribution < -0.4 is 0 Å². The topological polar surface area (TPSA) is 57.2 Å². The van der Waals surface area contributed by atoms with Gasteiger partial charge in [0.05, 0.1) is 4.90 Å². The van der Waals surface area contributed by atoms with E-state index < -0.39 is 10.1 Å². The van der Waals surface area contributed by atoms with E-state index in [0.717, 1.165) is 5.25 Å². The zero-order chi connectivity index (χ0) is 16.7. The summed E-state index contributed by atoms with van der Waals surface area (Å²) in [4.78, 5) is 1.40. The minimum absolute atomic E-state index is 0.185. The smallest absolute Gasteiger partial charge is 0.155 e. The van der Waals surface area contributed by atoms with Gasteiger partial charge in [-0.25, -0.2) is 8.42 Å². The summed E-state index contributed by atoms with van der Waals surface area (Å²) in [5, 5.41) is 1.03. The van der Waals surface area contributed by atoms with E-state index in [9.17, 15) is 13.0 Å². The number of benzene rings is 2. The maximum atomic E-state index is 10.3. The van der Waals surface area contributed by atoms with Crippen molar-refractivity contribution in [3.63, 3.8) is 0 Å². The minimum atomic E-state index is -4.25. The average molecular weight is 351 g/mol. The van der Waals surface area contributed by atoms with Crippen molar-refractivity contribution in [1.29, 1.82) is 0 Å². The number of hydrogen-bond acceptors (Lipinski definition) is 3. The summed E-state index contributed by atoms with van der Waals surface area (Å²) in [7, 11) is -3.68. The highest BCUT2D eigenvalue weighted by Gasteiger charge is 2.40. The van der Waals surface area contributed by atoms with Crippen molar-refractivity contribution >= 4 is 21.0 Å². The zero-order valence-electron chi connectivity index (χ0n) is 13.2. The molecule has 0 amide bonds. The van der Waals surface area contributed by atoms with Gasteiger partial charge in [0, 0.05) is 23.7 Å². The molecule has 2 aromatic rings. The van der Waals surface area contributed by atoms with E-state index in [0.29, 0.717) is 10.9 Å². The van der Waals surface area contributed by atoms with Crippen molar-refractivity contribution in [3.05, 3.63) is 60.7 Å². The molecule has 2 aromatic carbocycles. The molecule has 0 saturated heterocycles. The third-order valence-corrected chi connectivity index (χ3v) is 7.28. The summed E-state index contributed by atoms with van der Waals surface area (Å²) in [5.41, 5.74) is 0. The van der Waals surface area contributed by atoms with Crippen LogP contribution in [0.5, 0.6) is 0 Å². The van der Waals surface area contributed by atoms with Crippen LogP contribution in [0, 0.1) is 0 Å². The first-order chi connectivity index (χ1) is 11.0. The van der Waals surface area contributed by atoms with Crippen LogP contribution in [0.3, 0.4) is 0 Å². The Morgan fingerprint density at radius 1 is 1.00 bits per heavy atom. The van der Waals surface area contributed by atoms with Gasteiger partial charge >= 0.3 is 0 Å². The van der Waals surface area contributed by atoms with Gasteiger partial charge in [-0.15, -0.1) is 0 Å². The Hall–Kier alpha value is -1.30. The van der Waals surface area contributed by atoms with E-state index in [4.69, 9.17) is 0 Å². The summed E-state index contributed by atoms with van der Waals surface area (Å²) < 4.78 is 30.8. The molecule has 1 saturated carbocycles. The summed E-state index contributed by atoms with van der Waals surface area (Å²) in [5.74, 6) is 1.40. The lowest BCUT2D eigenvalue weighted by Crippen LogP contribution is -2.12. The van der Waals surface area contributed by atoms with Crippen molar-refractivity contribution in [2.45, 2.75) is 41.2 Å². The maximum Gasteiger partial charge on any atom is 0.155 e. The SMILES string of the molecule is CCC[S+](c1ccccc1)C1CC1.O=S(=O)([O-])c1ccccc1. The second kappa shape index (κ2) is 8.52. The van der Waals surface area contributed by atoms with Crippen molar-refractivity contribution in [3.8, 4) is 0 Å². The van der Waals surface area contributed by atoms with E-state index >= 15 is 0 Å². The minimum Gasteiger partial charge on any atom is -0.744 e. The molecule has 0 N–H and O–H groups in total. The van der Waals surface area contributed by atoms with Crippen LogP contribution in [-0.2, 0) is 21.0 Å². The lowest BCUT2D eigenvalue weighted by Gasteiger charge is -2.05. The molecular formula is C18H22O3S2. The van der Waals surface area contributed by atoms with Crippen LogP contribution in [0.15, 0.2) is 70.5 Å². The number of rotatable bonds is 5. The van der Waals surface area contributed by atoms with Crippen molar-refractivity contribution in [2.75, 3.05) is 5.75 Å². The van der Waals surface area contributed by atoms with E-state index in [1.807, 2.05) is 0 Å². The summed E-state index contributed by atoms with van der Waals surface area (Å²) >= 11 is 0. The Labute approximate surface area is 141 Å². The third kappa shape index (κ3) is 6.01. The first-order valence-electron chi connectivity index (χ1n) is 7.78. The highest BCUT2D eigenvalue weighted by atomic mass is 32.2. The molecule has 124 valence electrons. The standard InChI is InChI=1S/C12H17S.C6H6O3S/c1-2-10-13(12-8-9-12)11-6-4-3-5-7-11;7-10(8,9)6-4-2-1-3-5-6/h3-7,12H,2,8-10H2,1H3;1-5H,(H,7,8,9)/q+1;/p-1. The van der Waals surface area contributed by atoms with Crippen LogP contribution in [0.1, 0.15) is 26.2 Å². The molecule has 3 nitrogen and oxygen atoms in total. The van der Waals surface area contributed by atoms with Gasteiger partial charge < -0.3 is 4.55 Å². The molecule has 0 aliphatic heterocycles. The average Bonchev–Trinajstić information content (AvgIpc) is 3.39. The van der Waals surface area contributed by atoms with Crippen LogP contribution in [0.25, 0.3) is 0 Å². The summed E-state index contributed by atoms with van der Waals surface area (Å²) in [6, 6.07) is 18.3. The molecule has 0 heterocycles. The van der Waals surface area contributed by atoms with Gasteiger partial charge in [0.2, 0.25) is 0 Å². The quantitative estimate of drug-likeness (QED) is 0.608. The van der Waals surface area contributed by atoms with Gasteiger partial charge in [-0.2, -0.15) is 0 Å². The first kappa shape index (κ1) is 18.0. The Morgan fingerprint density at radius 2 is 1.52 bits per heavy atom. The second-order valence-electron chi connectivity index (χ2n) is 5.41. The van der Waals surface area contributed by atoms with Gasteiger partial charge in [-0.05, 0) is 30.7 Å². The largest absolute Gasteiger partial charge is 0.744 e. The molecule has 1 fully saturated rings. The summed E-state index contributed by atoms with van der Waals surface area (Å²) in [6.45, 7) is 2.30. The molecule has 0 bridgehead atoms. The number of hydrogen-bond donors (Lipinski definition) is 0. The zero-order valence-corrected chi connectivity index (χ0v) is 14.9. The predicted molar refractivity (Wildman–Crippen MR) is 94.7 cm³/mol. The van der Waals surface area contributed by atoms with Crippen molar-refractivity contribution < 1.29 is 13.0 Å². The second-order valence-corrected chi connectivity index (χ2v) is 9.20. The fraction of sp³-hybridized carbons (Fsp3) is 0.333. The third-order valence-electron chi connectivity index (χ3n) is 3.43. The molecule has 0 radical (unpaired) electrons. The maximum absolute atomic E-state index is 10.3. The fourth-order valence-corrected chi connectivity index (χ4v) is 5.33. The van der Waals surface area contributed by atoms with Gasteiger partial charge in [0.25, 0.3) is 0 Å². The highest BCUT2D eigenvalue weighted by Crippen LogP contribution is 2.35.